The standard InChI is InChI=1S/C12H13FN2O5/c13-12(20)14-4-8(18)5-15(7-17)10-2-1-3-11(19)9(10)6-16/h1-3,6-8,18-19H,4-5H2,(H,14,20). The fourth-order valence-electron chi connectivity index (χ4n) is 1.60. The minimum Gasteiger partial charge on any atom is -0.507 e. The average molecular weight is 284 g/mol. The van der Waals surface area contributed by atoms with E-state index < -0.39 is 18.8 Å². The highest BCUT2D eigenvalue weighted by Gasteiger charge is 2.17. The van der Waals surface area contributed by atoms with E-state index in [4.69, 9.17) is 0 Å². The van der Waals surface area contributed by atoms with Crippen molar-refractivity contribution in [3.63, 3.8) is 0 Å². The number of anilines is 1. The Balaban J connectivity index is 2.86. The molecule has 0 fully saturated rings. The maximum atomic E-state index is 12.0. The van der Waals surface area contributed by atoms with Gasteiger partial charge < -0.3 is 20.4 Å². The third kappa shape index (κ3) is 4.02. The Labute approximate surface area is 113 Å². The van der Waals surface area contributed by atoms with Crippen LogP contribution < -0.4 is 10.2 Å². The first-order valence-corrected chi connectivity index (χ1v) is 5.60. The number of phenols is 1. The lowest BCUT2D eigenvalue weighted by atomic mass is 10.1. The number of amides is 2. The van der Waals surface area contributed by atoms with Crippen molar-refractivity contribution in [3.05, 3.63) is 23.8 Å². The third-order valence-corrected chi connectivity index (χ3v) is 2.50. The molecule has 0 radical (unpaired) electrons. The van der Waals surface area contributed by atoms with E-state index >= 15 is 0 Å². The van der Waals surface area contributed by atoms with Crippen molar-refractivity contribution < 1.29 is 29.0 Å². The zero-order valence-corrected chi connectivity index (χ0v) is 10.3. The van der Waals surface area contributed by atoms with Crippen LogP contribution in [-0.4, -0.2) is 48.3 Å². The van der Waals surface area contributed by atoms with Crippen LogP contribution in [0.1, 0.15) is 10.4 Å². The summed E-state index contributed by atoms with van der Waals surface area (Å²) in [7, 11) is 0. The normalized spacial score (nSPS) is 11.5. The molecule has 0 saturated carbocycles. The van der Waals surface area contributed by atoms with Crippen LogP contribution in [0.3, 0.4) is 0 Å². The molecule has 0 aliphatic carbocycles. The van der Waals surface area contributed by atoms with Gasteiger partial charge in [-0.1, -0.05) is 6.07 Å². The molecule has 7 nitrogen and oxygen atoms in total. The van der Waals surface area contributed by atoms with Gasteiger partial charge in [0.25, 0.3) is 0 Å². The van der Waals surface area contributed by atoms with Crippen molar-refractivity contribution in [2.45, 2.75) is 6.10 Å². The van der Waals surface area contributed by atoms with Crippen LogP contribution in [0.4, 0.5) is 14.9 Å². The van der Waals surface area contributed by atoms with Gasteiger partial charge in [-0.15, -0.1) is 4.39 Å². The maximum absolute atomic E-state index is 12.0. The summed E-state index contributed by atoms with van der Waals surface area (Å²) in [5.74, 6) is -0.309. The number of phenolic OH excluding ortho intramolecular Hbond substituents is 1. The first kappa shape index (κ1) is 15.6. The highest BCUT2D eigenvalue weighted by atomic mass is 19.1. The van der Waals surface area contributed by atoms with Crippen LogP contribution in [0.5, 0.6) is 5.75 Å². The van der Waals surface area contributed by atoms with Crippen molar-refractivity contribution in [2.24, 2.45) is 0 Å². The molecule has 0 aliphatic rings. The van der Waals surface area contributed by atoms with Crippen molar-refractivity contribution >= 4 is 24.5 Å². The lowest BCUT2D eigenvalue weighted by molar-refractivity contribution is -0.107. The van der Waals surface area contributed by atoms with E-state index in [0.717, 1.165) is 4.90 Å². The Hall–Kier alpha value is -2.48. The Morgan fingerprint density at radius 3 is 2.70 bits per heavy atom. The van der Waals surface area contributed by atoms with Gasteiger partial charge >= 0.3 is 6.16 Å². The molecule has 8 heteroatoms. The van der Waals surface area contributed by atoms with E-state index in [1.165, 1.54) is 18.2 Å². The fraction of sp³-hybridized carbons (Fsp3) is 0.250. The zero-order chi connectivity index (χ0) is 15.1. The van der Waals surface area contributed by atoms with Gasteiger partial charge in [-0.25, -0.2) is 4.79 Å². The van der Waals surface area contributed by atoms with Gasteiger partial charge in [0, 0.05) is 6.54 Å². The molecule has 0 spiro atoms. The number of aromatic hydroxyl groups is 1. The van der Waals surface area contributed by atoms with Gasteiger partial charge in [-0.3, -0.25) is 9.59 Å². The minimum absolute atomic E-state index is 0.0978. The molecular weight excluding hydrogens is 271 g/mol. The molecule has 1 unspecified atom stereocenters. The molecule has 108 valence electrons. The predicted molar refractivity (Wildman–Crippen MR) is 67.4 cm³/mol. The molecule has 1 atom stereocenters. The summed E-state index contributed by atoms with van der Waals surface area (Å²) in [4.78, 5) is 32.9. The first-order chi connectivity index (χ1) is 9.49. The zero-order valence-electron chi connectivity index (χ0n) is 10.3. The number of carbonyl (C=O) groups is 3. The Bertz CT molecular complexity index is 509. The number of carbonyl (C=O) groups excluding carboxylic acids is 3. The lowest BCUT2D eigenvalue weighted by Crippen LogP contribution is -2.39. The highest BCUT2D eigenvalue weighted by molar-refractivity contribution is 5.92. The number of aliphatic hydroxyl groups is 1. The smallest absolute Gasteiger partial charge is 0.397 e. The van der Waals surface area contributed by atoms with Crippen LogP contribution in [0.25, 0.3) is 0 Å². The summed E-state index contributed by atoms with van der Waals surface area (Å²) < 4.78 is 12.0. The number of aliphatic hydroxyl groups excluding tert-OH is 1. The number of nitrogens with zero attached hydrogens (tertiary/aromatic N) is 1. The molecule has 0 aliphatic heterocycles. The summed E-state index contributed by atoms with van der Waals surface area (Å²) in [6.07, 6.45) is -2.31. The molecule has 3 N–H and O–H groups in total. The minimum atomic E-state index is -1.80. The molecule has 1 rings (SSSR count). The third-order valence-electron chi connectivity index (χ3n) is 2.50. The average Bonchev–Trinajstić information content (AvgIpc) is 2.42. The van der Waals surface area contributed by atoms with Crippen molar-refractivity contribution in [2.75, 3.05) is 18.0 Å². The molecule has 2 amide bonds. The Morgan fingerprint density at radius 1 is 1.45 bits per heavy atom. The second-order valence-corrected chi connectivity index (χ2v) is 3.89. The Morgan fingerprint density at radius 2 is 2.15 bits per heavy atom. The van der Waals surface area contributed by atoms with Gasteiger partial charge in [-0.05, 0) is 12.1 Å². The van der Waals surface area contributed by atoms with Gasteiger partial charge in [0.2, 0.25) is 6.41 Å². The number of halogens is 1. The molecule has 0 aromatic heterocycles. The number of aldehydes is 1. The largest absolute Gasteiger partial charge is 0.507 e. The second kappa shape index (κ2) is 7.19. The maximum Gasteiger partial charge on any atom is 0.397 e. The van der Waals surface area contributed by atoms with Crippen molar-refractivity contribution in [1.29, 1.82) is 0 Å². The van der Waals surface area contributed by atoms with E-state index in [-0.39, 0.29) is 23.5 Å². The van der Waals surface area contributed by atoms with Crippen LogP contribution in [-0.2, 0) is 4.79 Å². The topological polar surface area (TPSA) is 107 Å². The summed E-state index contributed by atoms with van der Waals surface area (Å²) in [6, 6.07) is 4.10. The number of hydrogen-bond donors (Lipinski definition) is 3. The number of benzene rings is 1. The van der Waals surface area contributed by atoms with Crippen molar-refractivity contribution in [1.82, 2.24) is 5.32 Å². The predicted octanol–water partition coefficient (Wildman–Crippen LogP) is 0.208. The van der Waals surface area contributed by atoms with E-state index in [9.17, 15) is 29.0 Å². The van der Waals surface area contributed by atoms with Gasteiger partial charge in [0.15, 0.2) is 6.29 Å². The van der Waals surface area contributed by atoms with E-state index in [2.05, 4.69) is 0 Å². The SMILES string of the molecule is O=Cc1c(O)cccc1N(C=O)CC(O)CNC(=O)F. The van der Waals surface area contributed by atoms with Gasteiger partial charge in [0.05, 0.1) is 23.9 Å². The summed E-state index contributed by atoms with van der Waals surface area (Å²) >= 11 is 0. The summed E-state index contributed by atoms with van der Waals surface area (Å²) in [5, 5.41) is 20.8. The molecule has 20 heavy (non-hydrogen) atoms. The Kier molecular flexibility index (Phi) is 5.60. The van der Waals surface area contributed by atoms with Gasteiger partial charge in [-0.2, -0.15) is 0 Å². The van der Waals surface area contributed by atoms with E-state index in [0.29, 0.717) is 12.7 Å². The van der Waals surface area contributed by atoms with Crippen LogP contribution >= 0.6 is 0 Å². The van der Waals surface area contributed by atoms with E-state index in [1.807, 2.05) is 0 Å². The highest BCUT2D eigenvalue weighted by Crippen LogP contribution is 2.26. The molecule has 0 bridgehead atoms. The fourth-order valence-corrected chi connectivity index (χ4v) is 1.60. The van der Waals surface area contributed by atoms with Crippen LogP contribution in [0.15, 0.2) is 18.2 Å². The molecule has 0 heterocycles. The molecule has 1 aromatic rings. The summed E-state index contributed by atoms with van der Waals surface area (Å²) in [5.41, 5.74) is -0.0121. The first-order valence-electron chi connectivity index (χ1n) is 5.60. The number of hydrogen-bond acceptors (Lipinski definition) is 5. The number of rotatable bonds is 7. The van der Waals surface area contributed by atoms with Gasteiger partial charge in [0.1, 0.15) is 5.75 Å². The number of nitrogens with one attached hydrogen (secondary N) is 1. The quantitative estimate of drug-likeness (QED) is 0.377. The monoisotopic (exact) mass is 284 g/mol. The van der Waals surface area contributed by atoms with Crippen LogP contribution in [0, 0.1) is 0 Å². The van der Waals surface area contributed by atoms with Crippen LogP contribution in [0.2, 0.25) is 0 Å². The molecule has 1 aromatic carbocycles. The second-order valence-electron chi connectivity index (χ2n) is 3.89. The molecular formula is C12H13FN2O5. The molecule has 0 saturated heterocycles. The lowest BCUT2D eigenvalue weighted by Gasteiger charge is -2.22. The van der Waals surface area contributed by atoms with Crippen molar-refractivity contribution in [3.8, 4) is 5.75 Å². The summed E-state index contributed by atoms with van der Waals surface area (Å²) in [6.45, 7) is -0.678. The van der Waals surface area contributed by atoms with E-state index in [1.54, 1.807) is 5.32 Å².